The van der Waals surface area contributed by atoms with E-state index in [1.54, 1.807) is 5.38 Å². The molecule has 94 valence electrons. The van der Waals surface area contributed by atoms with Crippen LogP contribution in [0.2, 0.25) is 0 Å². The Morgan fingerprint density at radius 2 is 2.18 bits per heavy atom. The summed E-state index contributed by atoms with van der Waals surface area (Å²) >= 11 is 1.24. The Balaban J connectivity index is 2.67. The highest BCUT2D eigenvalue weighted by Crippen LogP contribution is 2.23. The number of carbonyl (C=O) groups is 2. The van der Waals surface area contributed by atoms with Crippen molar-refractivity contribution in [3.05, 3.63) is 11.1 Å². The van der Waals surface area contributed by atoms with Crippen LogP contribution in [-0.4, -0.2) is 22.0 Å². The maximum absolute atomic E-state index is 11.8. The normalized spacial score (nSPS) is 11.2. The van der Waals surface area contributed by atoms with E-state index in [0.29, 0.717) is 10.8 Å². The molecule has 0 spiro atoms. The van der Waals surface area contributed by atoms with Gasteiger partial charge in [-0.05, 0) is 6.42 Å². The molecule has 0 atom stereocenters. The van der Waals surface area contributed by atoms with Gasteiger partial charge in [0.05, 0.1) is 12.1 Å². The predicted molar refractivity (Wildman–Crippen MR) is 66.2 cm³/mol. The highest BCUT2D eigenvalue weighted by Gasteiger charge is 2.26. The summed E-state index contributed by atoms with van der Waals surface area (Å²) in [5.41, 5.74) is 0.0191. The number of nitrogens with one attached hydrogen (secondary N) is 1. The number of rotatable bonds is 5. The Morgan fingerprint density at radius 1 is 1.53 bits per heavy atom. The van der Waals surface area contributed by atoms with Crippen LogP contribution in [0.1, 0.15) is 32.9 Å². The van der Waals surface area contributed by atoms with Gasteiger partial charge >= 0.3 is 5.97 Å². The molecule has 5 nitrogen and oxygen atoms in total. The number of anilines is 1. The monoisotopic (exact) mass is 256 g/mol. The lowest BCUT2D eigenvalue weighted by atomic mass is 9.89. The van der Waals surface area contributed by atoms with Gasteiger partial charge in [0, 0.05) is 10.8 Å². The third kappa shape index (κ3) is 3.81. The summed E-state index contributed by atoms with van der Waals surface area (Å²) < 4.78 is 0. The molecule has 0 saturated carbocycles. The molecule has 0 aliphatic carbocycles. The number of nitrogens with zero attached hydrogens (tertiary/aromatic N) is 1. The maximum Gasteiger partial charge on any atom is 0.309 e. The lowest BCUT2D eigenvalue weighted by Crippen LogP contribution is -2.29. The van der Waals surface area contributed by atoms with E-state index < -0.39 is 11.4 Å². The van der Waals surface area contributed by atoms with E-state index >= 15 is 0 Å². The number of aliphatic carboxylic acids is 1. The Bertz CT molecular complexity index is 426. The van der Waals surface area contributed by atoms with E-state index in [4.69, 9.17) is 5.11 Å². The first-order valence-electron chi connectivity index (χ1n) is 5.33. The summed E-state index contributed by atoms with van der Waals surface area (Å²) in [6, 6.07) is 0. The molecule has 1 aromatic heterocycles. The van der Waals surface area contributed by atoms with Crippen LogP contribution in [0.15, 0.2) is 5.38 Å². The Morgan fingerprint density at radius 3 is 2.71 bits per heavy atom. The second-order valence-corrected chi connectivity index (χ2v) is 5.26. The van der Waals surface area contributed by atoms with Crippen LogP contribution in [0.3, 0.4) is 0 Å². The molecule has 0 unspecified atom stereocenters. The molecule has 0 aromatic carbocycles. The minimum absolute atomic E-state index is 0.101. The molecule has 17 heavy (non-hydrogen) atoms. The van der Waals surface area contributed by atoms with Gasteiger partial charge in [0.2, 0.25) is 5.91 Å². The van der Waals surface area contributed by atoms with Gasteiger partial charge in [-0.3, -0.25) is 9.59 Å². The van der Waals surface area contributed by atoms with Crippen molar-refractivity contribution in [2.75, 3.05) is 5.32 Å². The lowest BCUT2D eigenvalue weighted by molar-refractivity contribution is -0.136. The van der Waals surface area contributed by atoms with Crippen molar-refractivity contribution in [3.63, 3.8) is 0 Å². The smallest absolute Gasteiger partial charge is 0.309 e. The average molecular weight is 256 g/mol. The fourth-order valence-electron chi connectivity index (χ4n) is 1.03. The zero-order chi connectivity index (χ0) is 13.1. The summed E-state index contributed by atoms with van der Waals surface area (Å²) in [4.78, 5) is 26.4. The molecule has 2 N–H and O–H groups in total. The number of hydrogen-bond donors (Lipinski definition) is 2. The zero-order valence-corrected chi connectivity index (χ0v) is 10.9. The molecule has 1 rings (SSSR count). The van der Waals surface area contributed by atoms with Crippen LogP contribution in [0.25, 0.3) is 0 Å². The number of amides is 1. The second-order valence-electron chi connectivity index (χ2n) is 4.41. The van der Waals surface area contributed by atoms with Crippen LogP contribution in [0, 0.1) is 5.41 Å². The van der Waals surface area contributed by atoms with Crippen molar-refractivity contribution in [1.82, 2.24) is 4.98 Å². The van der Waals surface area contributed by atoms with Crippen molar-refractivity contribution in [2.45, 2.75) is 33.6 Å². The van der Waals surface area contributed by atoms with Crippen LogP contribution < -0.4 is 5.32 Å². The minimum Gasteiger partial charge on any atom is -0.481 e. The molecule has 1 amide bonds. The minimum atomic E-state index is -0.929. The van der Waals surface area contributed by atoms with Gasteiger partial charge in [-0.25, -0.2) is 4.98 Å². The SMILES string of the molecule is CCC(C)(C)C(=O)Nc1nc(CC(=O)O)cs1. The maximum atomic E-state index is 11.8. The number of aromatic nitrogens is 1. The number of carboxylic acids is 1. The summed E-state index contributed by atoms with van der Waals surface area (Å²) in [5, 5.41) is 13.4. The topological polar surface area (TPSA) is 79.3 Å². The molecule has 0 bridgehead atoms. The Kier molecular flexibility index (Phi) is 4.22. The summed E-state index contributed by atoms with van der Waals surface area (Å²) in [6.07, 6.45) is 0.607. The number of carboxylic acid groups (broad SMARTS) is 1. The molecule has 0 fully saturated rings. The van der Waals surface area contributed by atoms with Gasteiger partial charge < -0.3 is 10.4 Å². The second kappa shape index (κ2) is 5.27. The largest absolute Gasteiger partial charge is 0.481 e. The lowest BCUT2D eigenvalue weighted by Gasteiger charge is -2.20. The molecular formula is C11H16N2O3S. The quantitative estimate of drug-likeness (QED) is 0.846. The van der Waals surface area contributed by atoms with Crippen LogP contribution >= 0.6 is 11.3 Å². The summed E-state index contributed by atoms with van der Waals surface area (Å²) in [6.45, 7) is 5.65. The molecule has 1 heterocycles. The highest BCUT2D eigenvalue weighted by molar-refractivity contribution is 7.13. The van der Waals surface area contributed by atoms with Gasteiger partial charge in [-0.15, -0.1) is 11.3 Å². The fraction of sp³-hybridized carbons (Fsp3) is 0.545. The zero-order valence-electron chi connectivity index (χ0n) is 10.1. The molecule has 6 heteroatoms. The fourth-order valence-corrected chi connectivity index (χ4v) is 1.73. The van der Waals surface area contributed by atoms with Crippen molar-refractivity contribution in [2.24, 2.45) is 5.41 Å². The van der Waals surface area contributed by atoms with Crippen LogP contribution in [0.5, 0.6) is 0 Å². The van der Waals surface area contributed by atoms with Crippen LogP contribution in [0.4, 0.5) is 5.13 Å². The van der Waals surface area contributed by atoms with E-state index in [0.717, 1.165) is 6.42 Å². The Labute approximate surface area is 104 Å². The van der Waals surface area contributed by atoms with E-state index in [2.05, 4.69) is 10.3 Å². The highest BCUT2D eigenvalue weighted by atomic mass is 32.1. The van der Waals surface area contributed by atoms with Gasteiger partial charge in [0.1, 0.15) is 0 Å². The average Bonchev–Trinajstić information content (AvgIpc) is 2.64. The molecule has 0 saturated heterocycles. The first-order chi connectivity index (χ1) is 7.85. The van der Waals surface area contributed by atoms with Gasteiger partial charge in [0.15, 0.2) is 5.13 Å². The van der Waals surface area contributed by atoms with Crippen molar-refractivity contribution < 1.29 is 14.7 Å². The number of hydrogen-bond acceptors (Lipinski definition) is 4. The molecular weight excluding hydrogens is 240 g/mol. The van der Waals surface area contributed by atoms with E-state index in [1.807, 2.05) is 20.8 Å². The van der Waals surface area contributed by atoms with Crippen molar-refractivity contribution in [3.8, 4) is 0 Å². The van der Waals surface area contributed by atoms with Crippen LogP contribution in [-0.2, 0) is 16.0 Å². The first-order valence-corrected chi connectivity index (χ1v) is 6.20. The molecule has 0 radical (unpaired) electrons. The number of carbonyl (C=O) groups excluding carboxylic acids is 1. The van der Waals surface area contributed by atoms with E-state index in [9.17, 15) is 9.59 Å². The van der Waals surface area contributed by atoms with Gasteiger partial charge in [-0.2, -0.15) is 0 Å². The van der Waals surface area contributed by atoms with E-state index in [1.165, 1.54) is 11.3 Å². The predicted octanol–water partition coefficient (Wildman–Crippen LogP) is 2.14. The summed E-state index contributed by atoms with van der Waals surface area (Å²) in [7, 11) is 0. The first kappa shape index (κ1) is 13.6. The van der Waals surface area contributed by atoms with Crippen molar-refractivity contribution in [1.29, 1.82) is 0 Å². The Hall–Kier alpha value is -1.43. The van der Waals surface area contributed by atoms with Crippen molar-refractivity contribution >= 4 is 28.3 Å². The third-order valence-corrected chi connectivity index (χ3v) is 3.41. The van der Waals surface area contributed by atoms with Gasteiger partial charge in [-0.1, -0.05) is 20.8 Å². The van der Waals surface area contributed by atoms with E-state index in [-0.39, 0.29) is 12.3 Å². The van der Waals surface area contributed by atoms with Gasteiger partial charge in [0.25, 0.3) is 0 Å². The molecule has 0 aliphatic heterocycles. The molecule has 1 aromatic rings. The molecule has 0 aliphatic rings. The standard InChI is InChI=1S/C11H16N2O3S/c1-4-11(2,3)9(16)13-10-12-7(6-17-10)5-8(14)15/h6H,4-5H2,1-3H3,(H,14,15)(H,12,13,16). The summed E-state index contributed by atoms with van der Waals surface area (Å²) in [5.74, 6) is -1.03. The third-order valence-electron chi connectivity index (χ3n) is 2.60. The number of thiazole rings is 1.